The Kier molecular flexibility index (Phi) is 19.5. The first-order valence-corrected chi connectivity index (χ1v) is 7.29. The number of carboxylic acids is 1. The Morgan fingerprint density at radius 1 is 1.19 bits per heavy atom. The van der Waals surface area contributed by atoms with Crippen LogP contribution in [0, 0.1) is 11.8 Å². The molecule has 5 heteroatoms. The predicted molar refractivity (Wildman–Crippen MR) is 86.2 cm³/mol. The van der Waals surface area contributed by atoms with E-state index in [-0.39, 0.29) is 13.8 Å². The van der Waals surface area contributed by atoms with E-state index in [1.54, 1.807) is 0 Å². The van der Waals surface area contributed by atoms with Gasteiger partial charge in [-0.2, -0.15) is 0 Å². The Balaban J connectivity index is -0.000000295. The van der Waals surface area contributed by atoms with Gasteiger partial charge < -0.3 is 15.2 Å². The summed E-state index contributed by atoms with van der Waals surface area (Å²) in [5.41, 5.74) is 0. The average molecular weight is 303 g/mol. The third kappa shape index (κ3) is 16.6. The second-order valence-electron chi connectivity index (χ2n) is 5.13. The van der Waals surface area contributed by atoms with Crippen molar-refractivity contribution in [2.75, 3.05) is 0 Å². The van der Waals surface area contributed by atoms with Gasteiger partial charge in [0, 0.05) is 0 Å². The molecule has 0 aromatic carbocycles. The molecule has 0 radical (unpaired) electrons. The third-order valence-corrected chi connectivity index (χ3v) is 3.47. The van der Waals surface area contributed by atoms with Crippen molar-refractivity contribution in [3.05, 3.63) is 0 Å². The van der Waals surface area contributed by atoms with Gasteiger partial charge in [-0.25, -0.2) is 0 Å². The highest BCUT2D eigenvalue weighted by Crippen LogP contribution is 2.19. The van der Waals surface area contributed by atoms with Crippen LogP contribution in [0.2, 0.25) is 0 Å². The van der Waals surface area contributed by atoms with E-state index >= 15 is 0 Å². The first-order chi connectivity index (χ1) is 9.42. The molecule has 126 valence electrons. The van der Waals surface area contributed by atoms with Crippen LogP contribution in [0.25, 0.3) is 0 Å². The minimum Gasteiger partial charge on any atom is -0.481 e. The van der Waals surface area contributed by atoms with Gasteiger partial charge in [0.25, 0.3) is 0 Å². The number of hydrogen-bond donors (Lipinski definition) is 2. The highest BCUT2D eigenvalue weighted by molar-refractivity contribution is 5.75. The zero-order valence-electron chi connectivity index (χ0n) is 13.1. The standard InChI is InChI=1S/C10H22.C5H7NO4.CH4/c1-5-7-8-10(4)9(3)6-2;7-2-4(6-3-8)1-5(9)10;/h9-10H,5-8H2,1-4H3;2-4H,1H2,(H,6,8)(H,9,10);1H4/t9?,10-;4-;/m10./s1. The zero-order valence-corrected chi connectivity index (χ0v) is 13.1. The van der Waals surface area contributed by atoms with Gasteiger partial charge in [-0.1, -0.05) is 60.8 Å². The highest BCUT2D eigenvalue weighted by Gasteiger charge is 2.09. The Labute approximate surface area is 129 Å². The molecule has 0 spiro atoms. The minimum atomic E-state index is -1.12. The molecule has 0 aliphatic heterocycles. The molecule has 3 atom stereocenters. The summed E-state index contributed by atoms with van der Waals surface area (Å²) in [6.07, 6.45) is 5.81. The molecule has 0 aliphatic carbocycles. The van der Waals surface area contributed by atoms with Gasteiger partial charge in [-0.15, -0.1) is 0 Å². The molecule has 0 heterocycles. The summed E-state index contributed by atoms with van der Waals surface area (Å²) >= 11 is 0. The van der Waals surface area contributed by atoms with Gasteiger partial charge in [-0.3, -0.25) is 9.59 Å². The van der Waals surface area contributed by atoms with E-state index in [4.69, 9.17) is 5.11 Å². The van der Waals surface area contributed by atoms with Crippen molar-refractivity contribution in [1.29, 1.82) is 0 Å². The van der Waals surface area contributed by atoms with E-state index in [0.29, 0.717) is 12.7 Å². The van der Waals surface area contributed by atoms with Crippen LogP contribution in [-0.2, 0) is 14.4 Å². The molecule has 21 heavy (non-hydrogen) atoms. The van der Waals surface area contributed by atoms with Gasteiger partial charge in [-0.05, 0) is 11.8 Å². The van der Waals surface area contributed by atoms with Crippen LogP contribution in [-0.4, -0.2) is 29.8 Å². The van der Waals surface area contributed by atoms with Crippen LogP contribution in [0.15, 0.2) is 0 Å². The topological polar surface area (TPSA) is 83.5 Å². The molecule has 5 nitrogen and oxygen atoms in total. The summed E-state index contributed by atoms with van der Waals surface area (Å²) in [4.78, 5) is 29.6. The maximum Gasteiger partial charge on any atom is 0.305 e. The van der Waals surface area contributed by atoms with Crippen molar-refractivity contribution >= 4 is 18.7 Å². The normalized spacial score (nSPS) is 13.5. The van der Waals surface area contributed by atoms with Crippen molar-refractivity contribution < 1.29 is 19.5 Å². The van der Waals surface area contributed by atoms with Crippen LogP contribution < -0.4 is 5.32 Å². The summed E-state index contributed by atoms with van der Waals surface area (Å²) in [7, 11) is 0. The molecule has 0 fully saturated rings. The van der Waals surface area contributed by atoms with Crippen molar-refractivity contribution in [3.8, 4) is 0 Å². The molecule has 2 N–H and O–H groups in total. The number of carboxylic acid groups (broad SMARTS) is 1. The summed E-state index contributed by atoms with van der Waals surface area (Å²) < 4.78 is 0. The van der Waals surface area contributed by atoms with Crippen molar-refractivity contribution in [2.24, 2.45) is 11.8 Å². The Hall–Kier alpha value is -1.39. The summed E-state index contributed by atoms with van der Waals surface area (Å²) in [5.74, 6) is 0.739. The number of unbranched alkanes of at least 4 members (excludes halogenated alkanes) is 1. The number of aldehydes is 1. The van der Waals surface area contributed by atoms with Crippen LogP contribution >= 0.6 is 0 Å². The molecule has 0 bridgehead atoms. The lowest BCUT2D eigenvalue weighted by atomic mass is 9.89. The van der Waals surface area contributed by atoms with Crippen LogP contribution in [0.3, 0.4) is 0 Å². The summed E-state index contributed by atoms with van der Waals surface area (Å²) in [5, 5.41) is 10.2. The number of carbonyl (C=O) groups excluding carboxylic acids is 2. The first-order valence-electron chi connectivity index (χ1n) is 7.29. The lowest BCUT2D eigenvalue weighted by molar-refractivity contribution is -0.138. The quantitative estimate of drug-likeness (QED) is 0.607. The van der Waals surface area contributed by atoms with Crippen molar-refractivity contribution in [3.63, 3.8) is 0 Å². The Morgan fingerprint density at radius 2 is 1.76 bits per heavy atom. The molecular formula is C16H33NO4. The maximum atomic E-state index is 9.95. The first kappa shape index (κ1) is 24.6. The van der Waals surface area contributed by atoms with Gasteiger partial charge in [0.15, 0.2) is 0 Å². The molecule has 0 aromatic rings. The third-order valence-electron chi connectivity index (χ3n) is 3.47. The SMILES string of the molecule is C.CCCC[C@@H](C)C(C)CC.O=CN[C@H](C=O)CC(=O)O. The predicted octanol–water partition coefficient (Wildman–Crippen LogP) is 3.27. The van der Waals surface area contributed by atoms with E-state index in [1.165, 1.54) is 25.7 Å². The van der Waals surface area contributed by atoms with Crippen molar-refractivity contribution in [1.82, 2.24) is 5.32 Å². The zero-order chi connectivity index (χ0) is 16.0. The van der Waals surface area contributed by atoms with E-state index in [2.05, 4.69) is 27.7 Å². The van der Waals surface area contributed by atoms with Gasteiger partial charge in [0.2, 0.25) is 6.41 Å². The number of aliphatic carboxylic acids is 1. The summed E-state index contributed by atoms with van der Waals surface area (Å²) in [6, 6.07) is -0.907. The number of amides is 1. The van der Waals surface area contributed by atoms with Crippen LogP contribution in [0.4, 0.5) is 0 Å². The maximum absolute atomic E-state index is 9.95. The molecule has 0 saturated carbocycles. The average Bonchev–Trinajstić information content (AvgIpc) is 2.43. The van der Waals surface area contributed by atoms with E-state index in [9.17, 15) is 14.4 Å². The fourth-order valence-electron chi connectivity index (χ4n) is 1.63. The largest absolute Gasteiger partial charge is 0.481 e. The number of carbonyl (C=O) groups is 3. The number of rotatable bonds is 10. The lowest BCUT2D eigenvalue weighted by Gasteiger charge is -2.17. The minimum absolute atomic E-state index is 0. The van der Waals surface area contributed by atoms with E-state index < -0.39 is 12.0 Å². The molecule has 1 amide bonds. The molecule has 0 aromatic heterocycles. The number of nitrogens with one attached hydrogen (secondary N) is 1. The van der Waals surface area contributed by atoms with E-state index in [1.807, 2.05) is 5.32 Å². The Morgan fingerprint density at radius 3 is 2.10 bits per heavy atom. The molecular weight excluding hydrogens is 270 g/mol. The van der Waals surface area contributed by atoms with Gasteiger partial charge >= 0.3 is 5.97 Å². The van der Waals surface area contributed by atoms with Crippen LogP contribution in [0.1, 0.15) is 67.2 Å². The number of hydrogen-bond acceptors (Lipinski definition) is 3. The monoisotopic (exact) mass is 303 g/mol. The van der Waals surface area contributed by atoms with Crippen LogP contribution in [0.5, 0.6) is 0 Å². The van der Waals surface area contributed by atoms with Gasteiger partial charge in [0.1, 0.15) is 6.29 Å². The van der Waals surface area contributed by atoms with E-state index in [0.717, 1.165) is 11.8 Å². The molecule has 0 aliphatic rings. The molecule has 0 rings (SSSR count). The Bertz CT molecular complexity index is 269. The molecule has 1 unspecified atom stereocenters. The lowest BCUT2D eigenvalue weighted by Crippen LogP contribution is -2.31. The fourth-order valence-corrected chi connectivity index (χ4v) is 1.63. The fraction of sp³-hybridized carbons (Fsp3) is 0.812. The van der Waals surface area contributed by atoms with Crippen molar-refractivity contribution in [2.45, 2.75) is 73.3 Å². The highest BCUT2D eigenvalue weighted by atomic mass is 16.4. The second kappa shape index (κ2) is 16.7. The second-order valence-corrected chi connectivity index (χ2v) is 5.13. The van der Waals surface area contributed by atoms with Gasteiger partial charge in [0.05, 0.1) is 12.5 Å². The molecule has 0 saturated heterocycles. The smallest absolute Gasteiger partial charge is 0.305 e. The summed E-state index contributed by atoms with van der Waals surface area (Å²) in [6.45, 7) is 9.29.